The molecule has 0 unspecified atom stereocenters. The quantitative estimate of drug-likeness (QED) is 0.188. The van der Waals surface area contributed by atoms with E-state index in [0.29, 0.717) is 5.57 Å². The van der Waals surface area contributed by atoms with Crippen LogP contribution in [0.3, 0.4) is 0 Å². The molecule has 0 radical (unpaired) electrons. The Kier molecular flexibility index (Phi) is 11.5. The Morgan fingerprint density at radius 3 is 2.33 bits per heavy atom. The second-order valence-electron chi connectivity index (χ2n) is 9.87. The van der Waals surface area contributed by atoms with Crippen molar-refractivity contribution in [2.24, 2.45) is 17.6 Å². The summed E-state index contributed by atoms with van der Waals surface area (Å²) < 4.78 is 16.4. The van der Waals surface area contributed by atoms with E-state index in [2.05, 4.69) is 5.32 Å². The molecular formula is C28H40N2O9. The molecule has 1 aromatic carbocycles. The van der Waals surface area contributed by atoms with Crippen LogP contribution in [0.15, 0.2) is 47.6 Å². The standard InChI is InChI=1S/C28H40N2O9/c1-14-8-7-9-22(37-5)26(39-28(29)36)16(3)10-15(2)23(33)21(32)11-17(4)25(38-6)19-12-18(31)13-20(24(19)34)30-27(14)35/h7-10,12-13,15,17,21-23,25-26,31-34H,11H2,1-6H3,(H2,29,36)(H,30,35)/t15-,17-,21+,22-,23+,25+,26-/m0/s1. The molecule has 2 rings (SSSR count). The lowest BCUT2D eigenvalue weighted by Gasteiger charge is -2.30. The largest absolute Gasteiger partial charge is 0.508 e. The first-order chi connectivity index (χ1) is 18.3. The minimum Gasteiger partial charge on any atom is -0.508 e. The van der Waals surface area contributed by atoms with Crippen molar-refractivity contribution in [2.75, 3.05) is 19.5 Å². The molecular weight excluding hydrogens is 508 g/mol. The highest BCUT2D eigenvalue weighted by atomic mass is 16.6. The van der Waals surface area contributed by atoms with Gasteiger partial charge in [0.25, 0.3) is 5.91 Å². The van der Waals surface area contributed by atoms with Gasteiger partial charge in [-0.05, 0) is 37.8 Å². The number of phenols is 2. The summed E-state index contributed by atoms with van der Waals surface area (Å²) in [4.78, 5) is 24.5. The number of primary amides is 1. The molecule has 0 aliphatic carbocycles. The van der Waals surface area contributed by atoms with Gasteiger partial charge >= 0.3 is 6.09 Å². The van der Waals surface area contributed by atoms with Crippen molar-refractivity contribution < 1.29 is 44.2 Å². The molecule has 0 saturated carbocycles. The Balaban J connectivity index is 2.63. The monoisotopic (exact) mass is 548 g/mol. The van der Waals surface area contributed by atoms with Crippen LogP contribution in [-0.2, 0) is 19.0 Å². The van der Waals surface area contributed by atoms with Gasteiger partial charge in [-0.15, -0.1) is 0 Å². The number of hydrogen-bond donors (Lipinski definition) is 6. The summed E-state index contributed by atoms with van der Waals surface area (Å²) in [5.74, 6) is -2.06. The molecule has 0 fully saturated rings. The van der Waals surface area contributed by atoms with Crippen molar-refractivity contribution in [1.82, 2.24) is 0 Å². The number of phenolic OH excluding ortho intramolecular Hbond substituents is 2. The number of nitrogens with two attached hydrogens (primary N) is 1. The highest BCUT2D eigenvalue weighted by Crippen LogP contribution is 2.41. The third kappa shape index (κ3) is 8.30. The Bertz CT molecular complexity index is 1110. The summed E-state index contributed by atoms with van der Waals surface area (Å²) >= 11 is 0. The van der Waals surface area contributed by atoms with Crippen LogP contribution in [0.25, 0.3) is 0 Å². The molecule has 7 N–H and O–H groups in total. The van der Waals surface area contributed by atoms with Crippen LogP contribution >= 0.6 is 0 Å². The molecule has 2 amide bonds. The summed E-state index contributed by atoms with van der Waals surface area (Å²) in [7, 11) is 2.83. The number of benzene rings is 1. The van der Waals surface area contributed by atoms with Crippen molar-refractivity contribution in [3.63, 3.8) is 0 Å². The van der Waals surface area contributed by atoms with Crippen LogP contribution in [0.4, 0.5) is 10.5 Å². The molecule has 1 aliphatic rings. The first kappa shape index (κ1) is 31.8. The van der Waals surface area contributed by atoms with Gasteiger partial charge in [-0.3, -0.25) is 4.79 Å². The number of allylic oxidation sites excluding steroid dienone is 2. The van der Waals surface area contributed by atoms with Crippen LogP contribution in [0, 0.1) is 11.8 Å². The van der Waals surface area contributed by atoms with E-state index in [9.17, 15) is 30.0 Å². The van der Waals surface area contributed by atoms with E-state index in [1.54, 1.807) is 45.9 Å². The molecule has 11 heteroatoms. The fraction of sp³-hybridized carbons (Fsp3) is 0.500. The molecule has 0 spiro atoms. The zero-order chi connectivity index (χ0) is 29.4. The summed E-state index contributed by atoms with van der Waals surface area (Å²) in [5.41, 5.74) is 6.26. The lowest BCUT2D eigenvalue weighted by molar-refractivity contribution is -0.112. The average molecular weight is 549 g/mol. The first-order valence-electron chi connectivity index (χ1n) is 12.6. The van der Waals surface area contributed by atoms with Crippen molar-refractivity contribution in [3.8, 4) is 11.5 Å². The number of amides is 2. The predicted molar refractivity (Wildman–Crippen MR) is 145 cm³/mol. The van der Waals surface area contributed by atoms with Crippen LogP contribution < -0.4 is 11.1 Å². The topological polar surface area (TPSA) is 181 Å². The molecule has 7 atom stereocenters. The van der Waals surface area contributed by atoms with Crippen molar-refractivity contribution in [2.45, 2.75) is 64.6 Å². The number of hydrogen-bond acceptors (Lipinski definition) is 9. The molecule has 0 aromatic heterocycles. The molecule has 39 heavy (non-hydrogen) atoms. The predicted octanol–water partition coefficient (Wildman–Crippen LogP) is 3.05. The normalized spacial score (nSPS) is 29.2. The minimum atomic E-state index is -1.20. The Hall–Kier alpha value is -3.38. The number of aliphatic hydroxyl groups excluding tert-OH is 2. The maximum Gasteiger partial charge on any atom is 0.405 e. The molecule has 1 aliphatic heterocycles. The molecule has 216 valence electrons. The van der Waals surface area contributed by atoms with Crippen molar-refractivity contribution in [3.05, 3.63) is 53.1 Å². The van der Waals surface area contributed by atoms with Gasteiger partial charge in [-0.1, -0.05) is 38.2 Å². The van der Waals surface area contributed by atoms with Gasteiger partial charge in [0, 0.05) is 37.3 Å². The van der Waals surface area contributed by atoms with Crippen LogP contribution in [0.2, 0.25) is 0 Å². The molecule has 2 bridgehead atoms. The number of fused-ring (bicyclic) bond motifs is 2. The van der Waals surface area contributed by atoms with Gasteiger partial charge in [0.1, 0.15) is 17.6 Å². The summed E-state index contributed by atoms with van der Waals surface area (Å²) in [6.45, 7) is 6.70. The number of nitrogens with one attached hydrogen (secondary N) is 1. The smallest absolute Gasteiger partial charge is 0.405 e. The minimum absolute atomic E-state index is 0.0300. The number of carbonyl (C=O) groups is 2. The van der Waals surface area contributed by atoms with Gasteiger partial charge in [-0.25, -0.2) is 4.79 Å². The summed E-state index contributed by atoms with van der Waals surface area (Å²) in [5, 5.41) is 45.6. The van der Waals surface area contributed by atoms with Gasteiger partial charge in [0.2, 0.25) is 0 Å². The first-order valence-corrected chi connectivity index (χ1v) is 12.6. The second-order valence-corrected chi connectivity index (χ2v) is 9.87. The highest BCUT2D eigenvalue weighted by molar-refractivity contribution is 6.04. The van der Waals surface area contributed by atoms with Gasteiger partial charge in [0.15, 0.2) is 6.10 Å². The fourth-order valence-corrected chi connectivity index (χ4v) is 4.67. The van der Waals surface area contributed by atoms with Crippen LogP contribution in [0.5, 0.6) is 11.5 Å². The van der Waals surface area contributed by atoms with Crippen LogP contribution in [-0.4, -0.2) is 71.1 Å². The maximum absolute atomic E-state index is 12.8. The number of rotatable bonds is 3. The maximum atomic E-state index is 12.8. The fourth-order valence-electron chi connectivity index (χ4n) is 4.67. The zero-order valence-electron chi connectivity index (χ0n) is 23.1. The number of methoxy groups -OCH3 is 2. The Labute approximate surface area is 228 Å². The van der Waals surface area contributed by atoms with Crippen molar-refractivity contribution in [1.29, 1.82) is 0 Å². The Morgan fingerprint density at radius 2 is 1.74 bits per heavy atom. The lowest BCUT2D eigenvalue weighted by Crippen LogP contribution is -2.36. The average Bonchev–Trinajstić information content (AvgIpc) is 2.86. The van der Waals surface area contributed by atoms with Gasteiger partial charge in [-0.2, -0.15) is 0 Å². The SMILES string of the molecule is CO[C@H]1C=CC=C(C)C(=O)Nc2cc(O)cc(c2O)[C@H](OC)[C@@H](C)C[C@@H](O)[C@H](O)[C@@H](C)C=C(C)[C@@H]1OC(N)=O. The molecule has 0 saturated heterocycles. The third-order valence-corrected chi connectivity index (χ3v) is 6.79. The summed E-state index contributed by atoms with van der Waals surface area (Å²) in [6.07, 6.45) is 0.389. The van der Waals surface area contributed by atoms with E-state index in [1.165, 1.54) is 32.4 Å². The van der Waals surface area contributed by atoms with E-state index in [-0.39, 0.29) is 34.7 Å². The number of ether oxygens (including phenoxy) is 3. The van der Waals surface area contributed by atoms with Crippen LogP contribution in [0.1, 0.15) is 45.8 Å². The molecule has 1 heterocycles. The summed E-state index contributed by atoms with van der Waals surface area (Å²) in [6, 6.07) is 2.53. The highest BCUT2D eigenvalue weighted by Gasteiger charge is 2.31. The van der Waals surface area contributed by atoms with Gasteiger partial charge < -0.3 is 45.7 Å². The Morgan fingerprint density at radius 1 is 1.08 bits per heavy atom. The van der Waals surface area contributed by atoms with E-state index < -0.39 is 54.4 Å². The number of aromatic hydroxyl groups is 2. The number of aliphatic hydroxyl groups is 2. The van der Waals surface area contributed by atoms with E-state index in [4.69, 9.17) is 19.9 Å². The molecule has 11 nitrogen and oxygen atoms in total. The van der Waals surface area contributed by atoms with E-state index in [0.717, 1.165) is 0 Å². The van der Waals surface area contributed by atoms with Gasteiger partial charge in [0.05, 0.1) is 24.0 Å². The van der Waals surface area contributed by atoms with E-state index >= 15 is 0 Å². The van der Waals surface area contributed by atoms with E-state index in [1.807, 2.05) is 0 Å². The number of carbonyl (C=O) groups excluding carboxylic acids is 2. The lowest BCUT2D eigenvalue weighted by atomic mass is 9.86. The second kappa shape index (κ2) is 14.1. The molecule has 1 aromatic rings. The zero-order valence-corrected chi connectivity index (χ0v) is 23.1. The van der Waals surface area contributed by atoms with Crippen molar-refractivity contribution >= 4 is 17.7 Å². The number of anilines is 1. The third-order valence-electron chi connectivity index (χ3n) is 6.79.